The maximum atomic E-state index is 12.9. The van der Waals surface area contributed by atoms with Crippen molar-refractivity contribution in [2.24, 2.45) is 0 Å². The Labute approximate surface area is 207 Å². The van der Waals surface area contributed by atoms with Crippen LogP contribution in [0.5, 0.6) is 0 Å². The van der Waals surface area contributed by atoms with E-state index in [9.17, 15) is 18.0 Å². The second-order valence-electron chi connectivity index (χ2n) is 9.62. The molecular formula is C27H32N2O5S. The van der Waals surface area contributed by atoms with Gasteiger partial charge in [-0.25, -0.2) is 13.2 Å². The predicted molar refractivity (Wildman–Crippen MR) is 135 cm³/mol. The monoisotopic (exact) mass is 496 g/mol. The highest BCUT2D eigenvalue weighted by Gasteiger charge is 2.38. The first-order chi connectivity index (χ1) is 16.6. The fraction of sp³-hybridized carbons (Fsp3) is 0.407. The van der Waals surface area contributed by atoms with Crippen LogP contribution in [0, 0.1) is 0 Å². The van der Waals surface area contributed by atoms with Crippen LogP contribution in [-0.4, -0.2) is 51.2 Å². The molecule has 2 aliphatic rings. The summed E-state index contributed by atoms with van der Waals surface area (Å²) in [6.45, 7) is 4.75. The second kappa shape index (κ2) is 9.95. The molecule has 4 rings (SSSR count). The van der Waals surface area contributed by atoms with Crippen LogP contribution in [0.2, 0.25) is 0 Å². The van der Waals surface area contributed by atoms with Crippen LogP contribution >= 0.6 is 0 Å². The first-order valence-corrected chi connectivity index (χ1v) is 13.4. The molecule has 2 aliphatic heterocycles. The third kappa shape index (κ3) is 5.04. The zero-order chi connectivity index (χ0) is 25.2. The van der Waals surface area contributed by atoms with Gasteiger partial charge in [0.05, 0.1) is 10.5 Å². The average molecular weight is 497 g/mol. The number of para-hydroxylation sites is 1. The van der Waals surface area contributed by atoms with Gasteiger partial charge in [-0.2, -0.15) is 4.31 Å². The molecule has 2 aromatic carbocycles. The van der Waals surface area contributed by atoms with Gasteiger partial charge in [0.2, 0.25) is 10.0 Å². The van der Waals surface area contributed by atoms with E-state index in [0.29, 0.717) is 13.1 Å². The molecule has 7 nitrogen and oxygen atoms in total. The summed E-state index contributed by atoms with van der Waals surface area (Å²) in [6.07, 6.45) is 5.31. The summed E-state index contributed by atoms with van der Waals surface area (Å²) >= 11 is 0. The highest BCUT2D eigenvalue weighted by molar-refractivity contribution is 7.89. The van der Waals surface area contributed by atoms with Gasteiger partial charge in [-0.15, -0.1) is 0 Å². The normalized spacial score (nSPS) is 19.3. The lowest BCUT2D eigenvalue weighted by Crippen LogP contribution is -2.31. The van der Waals surface area contributed by atoms with Gasteiger partial charge in [0.25, 0.3) is 0 Å². The number of nitrogens with zero attached hydrogens (tertiary/aromatic N) is 2. The lowest BCUT2D eigenvalue weighted by atomic mass is 9.83. The summed E-state index contributed by atoms with van der Waals surface area (Å²) in [5, 5.41) is 0. The van der Waals surface area contributed by atoms with Crippen LogP contribution in [0.15, 0.2) is 65.2 Å². The Kier molecular flexibility index (Phi) is 7.15. The van der Waals surface area contributed by atoms with Crippen LogP contribution in [0.1, 0.15) is 55.5 Å². The lowest BCUT2D eigenvalue weighted by Gasteiger charge is -2.23. The number of rotatable bonds is 6. The fourth-order valence-electron chi connectivity index (χ4n) is 4.87. The van der Waals surface area contributed by atoms with E-state index in [2.05, 4.69) is 13.8 Å². The zero-order valence-electron chi connectivity index (χ0n) is 20.5. The summed E-state index contributed by atoms with van der Waals surface area (Å²) in [7, 11) is -1.67. The number of carbonyl (C=O) groups excluding carboxylic acids is 2. The van der Waals surface area contributed by atoms with E-state index in [1.54, 1.807) is 0 Å². The molecule has 2 aromatic rings. The highest BCUT2D eigenvalue weighted by Crippen LogP contribution is 2.46. The maximum Gasteiger partial charge on any atom is 0.338 e. The Balaban J connectivity index is 1.40. The molecule has 1 saturated heterocycles. The molecular weight excluding hydrogens is 464 g/mol. The fourth-order valence-corrected chi connectivity index (χ4v) is 6.38. The van der Waals surface area contributed by atoms with Crippen molar-refractivity contribution < 1.29 is 22.7 Å². The number of benzene rings is 2. The maximum absolute atomic E-state index is 12.9. The van der Waals surface area contributed by atoms with Gasteiger partial charge < -0.3 is 9.64 Å². The zero-order valence-corrected chi connectivity index (χ0v) is 21.3. The summed E-state index contributed by atoms with van der Waals surface area (Å²) < 4.78 is 32.6. The van der Waals surface area contributed by atoms with E-state index in [0.717, 1.165) is 42.6 Å². The van der Waals surface area contributed by atoms with Gasteiger partial charge >= 0.3 is 5.97 Å². The Morgan fingerprint density at radius 3 is 2.23 bits per heavy atom. The number of likely N-dealkylation sites (N-methyl/N-ethyl adjacent to an activating group) is 1. The van der Waals surface area contributed by atoms with Crippen LogP contribution in [-0.2, 0) is 25.0 Å². The molecule has 0 saturated carbocycles. The van der Waals surface area contributed by atoms with Gasteiger partial charge in [-0.1, -0.05) is 44.9 Å². The van der Waals surface area contributed by atoms with Gasteiger partial charge in [-0.3, -0.25) is 4.79 Å². The third-order valence-electron chi connectivity index (χ3n) is 6.88. The average Bonchev–Trinajstić information content (AvgIpc) is 3.06. The number of sulfonamides is 1. The molecule has 0 bridgehead atoms. The smallest absolute Gasteiger partial charge is 0.338 e. The molecule has 35 heavy (non-hydrogen) atoms. The van der Waals surface area contributed by atoms with Crippen LogP contribution in [0.3, 0.4) is 0 Å². The molecule has 0 radical (unpaired) electrons. The number of fused-ring (bicyclic) bond motifs is 1. The van der Waals surface area contributed by atoms with Gasteiger partial charge in [0, 0.05) is 43.0 Å². The van der Waals surface area contributed by atoms with E-state index >= 15 is 0 Å². The largest absolute Gasteiger partial charge is 0.454 e. The van der Waals surface area contributed by atoms with Crippen LogP contribution < -0.4 is 4.90 Å². The lowest BCUT2D eigenvalue weighted by molar-refractivity contribution is -0.117. The number of hydrogen-bond donors (Lipinski definition) is 0. The molecule has 186 valence electrons. The van der Waals surface area contributed by atoms with Crippen molar-refractivity contribution in [3.63, 3.8) is 0 Å². The van der Waals surface area contributed by atoms with Gasteiger partial charge in [-0.05, 0) is 48.7 Å². The molecule has 8 heteroatoms. The summed E-state index contributed by atoms with van der Waals surface area (Å²) in [6, 6.07) is 13.7. The van der Waals surface area contributed by atoms with Crippen LogP contribution in [0.4, 0.5) is 5.69 Å². The number of ketones is 1. The summed E-state index contributed by atoms with van der Waals surface area (Å²) in [5.41, 5.74) is 2.87. The van der Waals surface area contributed by atoms with Crippen molar-refractivity contribution in [2.45, 2.75) is 49.8 Å². The number of ether oxygens (including phenoxy) is 1. The molecule has 0 amide bonds. The molecule has 0 spiro atoms. The topological polar surface area (TPSA) is 84.0 Å². The molecule has 1 fully saturated rings. The van der Waals surface area contributed by atoms with E-state index in [-0.39, 0.29) is 21.7 Å². The van der Waals surface area contributed by atoms with E-state index in [4.69, 9.17) is 4.74 Å². The number of anilines is 1. The minimum Gasteiger partial charge on any atom is -0.454 e. The quantitative estimate of drug-likeness (QED) is 0.438. The highest BCUT2D eigenvalue weighted by atomic mass is 32.2. The Bertz CT molecular complexity index is 1240. The number of esters is 1. The minimum atomic E-state index is -3.59. The Hall–Kier alpha value is -2.97. The van der Waals surface area contributed by atoms with Crippen molar-refractivity contribution in [1.29, 1.82) is 0 Å². The van der Waals surface area contributed by atoms with E-state index < -0.39 is 22.6 Å². The third-order valence-corrected chi connectivity index (χ3v) is 8.79. The molecule has 0 N–H and O–H groups in total. The van der Waals surface area contributed by atoms with Crippen molar-refractivity contribution in [1.82, 2.24) is 4.31 Å². The number of carbonyl (C=O) groups is 2. The van der Waals surface area contributed by atoms with Gasteiger partial charge in [0.1, 0.15) is 0 Å². The molecule has 0 atom stereocenters. The van der Waals surface area contributed by atoms with E-state index in [1.807, 2.05) is 36.2 Å². The van der Waals surface area contributed by atoms with Gasteiger partial charge in [0.15, 0.2) is 12.4 Å². The SMILES string of the molecule is CN1C(=CC(=O)COC(=O)c2ccc(S(=O)(=O)N3CCCCCC3)cc2)C(C)(C)c2ccccc21. The summed E-state index contributed by atoms with van der Waals surface area (Å²) in [5.74, 6) is -0.987. The minimum absolute atomic E-state index is 0.155. The standard InChI is InChI=1S/C27H32N2O5S/c1-27(2)23-10-6-7-11-24(23)28(3)25(27)18-21(30)19-34-26(31)20-12-14-22(15-13-20)35(32,33)29-16-8-4-5-9-17-29/h6-7,10-15,18H,4-5,8-9,16-17,19H2,1-3H3. The van der Waals surface area contributed by atoms with E-state index in [1.165, 1.54) is 34.6 Å². The first-order valence-electron chi connectivity index (χ1n) is 12.0. The first kappa shape index (κ1) is 25.1. The second-order valence-corrected chi connectivity index (χ2v) is 11.6. The predicted octanol–water partition coefficient (Wildman–Crippen LogP) is 4.29. The van der Waals surface area contributed by atoms with Crippen molar-refractivity contribution in [3.8, 4) is 0 Å². The number of allylic oxidation sites excluding steroid dienone is 1. The Morgan fingerprint density at radius 2 is 1.60 bits per heavy atom. The summed E-state index contributed by atoms with van der Waals surface area (Å²) in [4.78, 5) is 27.3. The van der Waals surface area contributed by atoms with Crippen LogP contribution in [0.25, 0.3) is 0 Å². The van der Waals surface area contributed by atoms with Crippen molar-refractivity contribution in [2.75, 3.05) is 31.6 Å². The van der Waals surface area contributed by atoms with Crippen molar-refractivity contribution in [3.05, 3.63) is 71.4 Å². The molecule has 0 aromatic heterocycles. The number of hydrogen-bond acceptors (Lipinski definition) is 6. The molecule has 2 heterocycles. The Morgan fingerprint density at radius 1 is 0.971 bits per heavy atom. The van der Waals surface area contributed by atoms with Crippen molar-refractivity contribution >= 4 is 27.5 Å². The molecule has 0 unspecified atom stereocenters. The molecule has 0 aliphatic carbocycles.